The lowest BCUT2D eigenvalue weighted by Crippen LogP contribution is -2.39. The fraction of sp³-hybridized carbons (Fsp3) is 0.231. The number of nitrogens with one attached hydrogen (secondary N) is 1. The van der Waals surface area contributed by atoms with Crippen molar-refractivity contribution in [1.29, 1.82) is 0 Å². The predicted octanol–water partition coefficient (Wildman–Crippen LogP) is 5.21. The first-order chi connectivity index (χ1) is 16.6. The minimum absolute atomic E-state index is 0.200. The Balaban J connectivity index is 1.76. The van der Waals surface area contributed by atoms with Crippen molar-refractivity contribution in [2.75, 3.05) is 13.7 Å². The van der Waals surface area contributed by atoms with E-state index in [1.54, 1.807) is 23.0 Å². The number of amides is 2. The summed E-state index contributed by atoms with van der Waals surface area (Å²) in [5, 5.41) is 7.64. The van der Waals surface area contributed by atoms with Gasteiger partial charge < -0.3 is 24.1 Å². The molecule has 0 spiro atoms. The lowest BCUT2D eigenvalue weighted by molar-refractivity contribution is 0.187. The van der Waals surface area contributed by atoms with Crippen LogP contribution in [0.1, 0.15) is 18.2 Å². The maximum absolute atomic E-state index is 13.0. The fourth-order valence-corrected chi connectivity index (χ4v) is 3.67. The first-order valence-electron chi connectivity index (χ1n) is 11.1. The third-order valence-corrected chi connectivity index (χ3v) is 5.28. The molecule has 0 saturated heterocycles. The van der Waals surface area contributed by atoms with Gasteiger partial charge in [0, 0.05) is 25.2 Å². The summed E-state index contributed by atoms with van der Waals surface area (Å²) in [7, 11) is 3.44. The number of hydrogen-bond acceptors (Lipinski definition) is 5. The molecule has 8 nitrogen and oxygen atoms in total. The van der Waals surface area contributed by atoms with Crippen LogP contribution in [-0.4, -0.2) is 34.4 Å². The van der Waals surface area contributed by atoms with E-state index in [9.17, 15) is 4.79 Å². The highest BCUT2D eigenvalue weighted by Gasteiger charge is 2.25. The van der Waals surface area contributed by atoms with Gasteiger partial charge in [0.25, 0.3) is 0 Å². The summed E-state index contributed by atoms with van der Waals surface area (Å²) in [6.45, 7) is 2.98. The average Bonchev–Trinajstić information content (AvgIpc) is 3.48. The van der Waals surface area contributed by atoms with Crippen LogP contribution in [0.5, 0.6) is 17.4 Å². The maximum atomic E-state index is 13.0. The predicted molar refractivity (Wildman–Crippen MR) is 129 cm³/mol. The maximum Gasteiger partial charge on any atom is 0.318 e. The normalized spacial score (nSPS) is 10.7. The van der Waals surface area contributed by atoms with Gasteiger partial charge in [0.2, 0.25) is 5.88 Å². The fourth-order valence-electron chi connectivity index (χ4n) is 3.67. The van der Waals surface area contributed by atoms with Crippen LogP contribution in [0, 0.1) is 0 Å². The minimum atomic E-state index is -0.200. The van der Waals surface area contributed by atoms with Crippen molar-refractivity contribution in [1.82, 2.24) is 20.0 Å². The van der Waals surface area contributed by atoms with Crippen LogP contribution < -0.4 is 14.8 Å². The summed E-state index contributed by atoms with van der Waals surface area (Å²) < 4.78 is 18.8. The molecule has 0 radical (unpaired) electrons. The highest BCUT2D eigenvalue weighted by atomic mass is 16.5. The number of rotatable bonds is 9. The summed E-state index contributed by atoms with van der Waals surface area (Å²) in [6, 6.07) is 20.7. The van der Waals surface area contributed by atoms with Gasteiger partial charge in [-0.3, -0.25) is 0 Å². The Morgan fingerprint density at radius 1 is 1.06 bits per heavy atom. The lowest BCUT2D eigenvalue weighted by Gasteiger charge is -2.22. The number of benzene rings is 2. The summed E-state index contributed by atoms with van der Waals surface area (Å²) >= 11 is 0. The summed E-state index contributed by atoms with van der Waals surface area (Å²) in [5.41, 5.74) is 2.46. The number of urea groups is 1. The zero-order valence-electron chi connectivity index (χ0n) is 19.5. The molecule has 8 heteroatoms. The Hall–Kier alpha value is -4.20. The monoisotopic (exact) mass is 460 g/mol. The molecule has 0 fully saturated rings. The van der Waals surface area contributed by atoms with Crippen LogP contribution in [-0.2, 0) is 20.1 Å². The van der Waals surface area contributed by atoms with Crippen LogP contribution in [0.2, 0.25) is 0 Å². The molecule has 2 heterocycles. The Bertz CT molecular complexity index is 1220. The van der Waals surface area contributed by atoms with Crippen molar-refractivity contribution in [2.24, 2.45) is 7.05 Å². The molecular weight excluding hydrogens is 432 g/mol. The molecule has 4 aromatic rings. The Labute approximate surface area is 198 Å². The molecule has 34 heavy (non-hydrogen) atoms. The molecule has 0 aliphatic carbocycles. The van der Waals surface area contributed by atoms with Gasteiger partial charge in [-0.15, -0.1) is 0 Å². The highest BCUT2D eigenvalue weighted by molar-refractivity contribution is 5.75. The second kappa shape index (κ2) is 10.6. The quantitative estimate of drug-likeness (QED) is 0.371. The van der Waals surface area contributed by atoms with E-state index >= 15 is 0 Å². The van der Waals surface area contributed by atoms with Crippen molar-refractivity contribution in [3.63, 3.8) is 0 Å². The SMILES string of the molecule is CCNC(=O)N(Cc1ccco1)Cc1c(-c2ccccc2)nn(C)c1Oc1cccc(OC)c1. The van der Waals surface area contributed by atoms with Crippen LogP contribution >= 0.6 is 0 Å². The number of hydrogen-bond donors (Lipinski definition) is 1. The molecular formula is C26H28N4O4. The molecule has 176 valence electrons. The third kappa shape index (κ3) is 5.23. The molecule has 0 unspecified atom stereocenters. The number of ether oxygens (including phenoxy) is 2. The van der Waals surface area contributed by atoms with Gasteiger partial charge in [0.15, 0.2) is 0 Å². The number of carbonyl (C=O) groups excluding carboxylic acids is 1. The standard InChI is InChI=1S/C26H28N4O4/c1-4-27-26(31)30(17-22-14-9-15-33-22)18-23-24(19-10-6-5-7-11-19)28-29(2)25(23)34-21-13-8-12-20(16-21)32-3/h5-16H,4,17-18H2,1-3H3,(H,27,31). The molecule has 0 saturated carbocycles. The molecule has 4 rings (SSSR count). The smallest absolute Gasteiger partial charge is 0.318 e. The van der Waals surface area contributed by atoms with Gasteiger partial charge in [-0.25, -0.2) is 9.48 Å². The lowest BCUT2D eigenvalue weighted by atomic mass is 10.1. The van der Waals surface area contributed by atoms with Gasteiger partial charge in [0.05, 0.1) is 32.0 Å². The molecule has 0 aliphatic rings. The van der Waals surface area contributed by atoms with E-state index in [-0.39, 0.29) is 12.6 Å². The average molecular weight is 461 g/mol. The summed E-state index contributed by atoms with van der Waals surface area (Å²) in [6.07, 6.45) is 1.60. The first kappa shape index (κ1) is 23.0. The topological polar surface area (TPSA) is 81.8 Å². The van der Waals surface area contributed by atoms with Crippen molar-refractivity contribution in [3.05, 3.63) is 84.3 Å². The summed E-state index contributed by atoms with van der Waals surface area (Å²) in [4.78, 5) is 14.7. The van der Waals surface area contributed by atoms with Crippen molar-refractivity contribution >= 4 is 6.03 Å². The van der Waals surface area contributed by atoms with Crippen molar-refractivity contribution in [2.45, 2.75) is 20.0 Å². The molecule has 1 N–H and O–H groups in total. The molecule has 2 amide bonds. The second-order valence-corrected chi connectivity index (χ2v) is 7.67. The zero-order valence-corrected chi connectivity index (χ0v) is 19.5. The van der Waals surface area contributed by atoms with E-state index in [4.69, 9.17) is 19.0 Å². The minimum Gasteiger partial charge on any atom is -0.497 e. The first-order valence-corrected chi connectivity index (χ1v) is 11.1. The number of carbonyl (C=O) groups is 1. The van der Waals surface area contributed by atoms with E-state index in [0.717, 1.165) is 16.8 Å². The van der Waals surface area contributed by atoms with Crippen molar-refractivity contribution in [3.8, 4) is 28.6 Å². The molecule has 0 atom stereocenters. The number of aryl methyl sites for hydroxylation is 1. The third-order valence-electron chi connectivity index (χ3n) is 5.28. The van der Waals surface area contributed by atoms with Crippen molar-refractivity contribution < 1.29 is 18.7 Å². The number of aromatic nitrogens is 2. The Morgan fingerprint density at radius 3 is 2.56 bits per heavy atom. The van der Waals surface area contributed by atoms with Crippen LogP contribution in [0.3, 0.4) is 0 Å². The van der Waals surface area contributed by atoms with Gasteiger partial charge >= 0.3 is 6.03 Å². The molecule has 2 aromatic carbocycles. The van der Waals surface area contributed by atoms with Crippen LogP contribution in [0.15, 0.2) is 77.4 Å². The summed E-state index contributed by atoms with van der Waals surface area (Å²) in [5.74, 6) is 2.53. The Kier molecular flexibility index (Phi) is 7.17. The molecule has 0 bridgehead atoms. The van der Waals surface area contributed by atoms with Crippen LogP contribution in [0.25, 0.3) is 11.3 Å². The van der Waals surface area contributed by atoms with E-state index < -0.39 is 0 Å². The second-order valence-electron chi connectivity index (χ2n) is 7.67. The highest BCUT2D eigenvalue weighted by Crippen LogP contribution is 2.35. The van der Waals surface area contributed by atoms with Gasteiger partial charge in [-0.2, -0.15) is 5.10 Å². The number of methoxy groups -OCH3 is 1. The van der Waals surface area contributed by atoms with Gasteiger partial charge in [0.1, 0.15) is 23.0 Å². The van der Waals surface area contributed by atoms with E-state index in [0.29, 0.717) is 36.2 Å². The van der Waals surface area contributed by atoms with Gasteiger partial charge in [-0.1, -0.05) is 36.4 Å². The molecule has 0 aliphatic heterocycles. The van der Waals surface area contributed by atoms with E-state index in [1.165, 1.54) is 0 Å². The molecule has 2 aromatic heterocycles. The zero-order chi connectivity index (χ0) is 23.9. The Morgan fingerprint density at radius 2 is 1.85 bits per heavy atom. The van der Waals surface area contributed by atoms with E-state index in [2.05, 4.69) is 5.32 Å². The largest absolute Gasteiger partial charge is 0.497 e. The number of furan rings is 1. The van der Waals surface area contributed by atoms with Gasteiger partial charge in [-0.05, 0) is 31.2 Å². The number of nitrogens with zero attached hydrogens (tertiary/aromatic N) is 3. The van der Waals surface area contributed by atoms with E-state index in [1.807, 2.05) is 80.7 Å². The van der Waals surface area contributed by atoms with Crippen LogP contribution in [0.4, 0.5) is 4.79 Å².